The molecule has 0 spiro atoms. The highest BCUT2D eigenvalue weighted by atomic mass is 32.1. The monoisotopic (exact) mass is 561 g/mol. The summed E-state index contributed by atoms with van der Waals surface area (Å²) >= 11 is 0.917. The quantitative estimate of drug-likeness (QED) is 0.381. The number of carbonyl (C=O) groups excluding carboxylic acids is 1. The second-order valence-corrected chi connectivity index (χ2v) is 9.11. The van der Waals surface area contributed by atoms with E-state index in [1.165, 1.54) is 23.2 Å². The van der Waals surface area contributed by atoms with E-state index >= 15 is 0 Å². The number of carbonyl (C=O) groups is 1. The zero-order valence-corrected chi connectivity index (χ0v) is 20.5. The van der Waals surface area contributed by atoms with Crippen molar-refractivity contribution in [2.45, 2.75) is 38.2 Å². The Labute approximate surface area is 216 Å². The van der Waals surface area contributed by atoms with E-state index in [1.807, 2.05) is 0 Å². The number of hydrogen-bond donors (Lipinski definition) is 2. The number of aromatic nitrogens is 4. The predicted molar refractivity (Wildman–Crippen MR) is 126 cm³/mol. The summed E-state index contributed by atoms with van der Waals surface area (Å²) < 4.78 is 87.2. The number of piperidine rings is 1. The van der Waals surface area contributed by atoms with Crippen LogP contribution in [0.3, 0.4) is 0 Å². The largest absolute Gasteiger partial charge is 0.471 e. The van der Waals surface area contributed by atoms with Gasteiger partial charge in [-0.25, -0.2) is 28.1 Å². The molecular weight excluding hydrogens is 540 g/mol. The predicted octanol–water partition coefficient (Wildman–Crippen LogP) is 4.71. The lowest BCUT2D eigenvalue weighted by Crippen LogP contribution is -2.48. The van der Waals surface area contributed by atoms with Gasteiger partial charge in [-0.15, -0.1) is 0 Å². The summed E-state index contributed by atoms with van der Waals surface area (Å²) in [7, 11) is 0. The number of nitrogens with one attached hydrogen (secondary N) is 2. The van der Waals surface area contributed by atoms with Gasteiger partial charge in [0.1, 0.15) is 23.1 Å². The molecule has 4 heterocycles. The molecule has 9 nitrogen and oxygen atoms in total. The highest BCUT2D eigenvalue weighted by molar-refractivity contribution is 7.10. The Balaban J connectivity index is 1.36. The molecule has 0 bridgehead atoms. The number of halogens is 6. The molecule has 2 atom stereocenters. The van der Waals surface area contributed by atoms with Crippen molar-refractivity contribution in [2.75, 3.05) is 30.3 Å². The summed E-state index contributed by atoms with van der Waals surface area (Å²) in [6.07, 6.45) is -6.48. The van der Waals surface area contributed by atoms with Crippen molar-refractivity contribution in [3.8, 4) is 5.88 Å². The van der Waals surface area contributed by atoms with Crippen LogP contribution in [0.15, 0.2) is 30.7 Å². The molecular formula is C22H21F6N7O2S. The van der Waals surface area contributed by atoms with Crippen molar-refractivity contribution in [2.24, 2.45) is 0 Å². The third-order valence-electron chi connectivity index (χ3n) is 5.50. The number of alkyl halides is 6. The van der Waals surface area contributed by atoms with Crippen molar-refractivity contribution in [1.82, 2.24) is 24.2 Å². The van der Waals surface area contributed by atoms with Crippen LogP contribution in [0.4, 0.5) is 42.8 Å². The molecule has 1 fully saturated rings. The second-order valence-electron chi connectivity index (χ2n) is 8.33. The fourth-order valence-electron chi connectivity index (χ4n) is 3.69. The van der Waals surface area contributed by atoms with Gasteiger partial charge in [-0.05, 0) is 24.5 Å². The van der Waals surface area contributed by atoms with E-state index in [1.54, 1.807) is 6.92 Å². The Hall–Kier alpha value is -3.53. The molecule has 0 saturated carbocycles. The molecule has 0 aromatic carbocycles. The molecule has 38 heavy (non-hydrogen) atoms. The van der Waals surface area contributed by atoms with Gasteiger partial charge in [0.05, 0.1) is 42.1 Å². The Morgan fingerprint density at radius 3 is 2.61 bits per heavy atom. The summed E-state index contributed by atoms with van der Waals surface area (Å²) in [4.78, 5) is 25.3. The summed E-state index contributed by atoms with van der Waals surface area (Å²) in [6.45, 7) is 1.20. The molecule has 1 aliphatic rings. The van der Waals surface area contributed by atoms with Gasteiger partial charge in [0.15, 0.2) is 5.69 Å². The smallest absolute Gasteiger partial charge is 0.434 e. The van der Waals surface area contributed by atoms with Crippen LogP contribution >= 0.6 is 11.5 Å². The first-order chi connectivity index (χ1) is 18.0. The van der Waals surface area contributed by atoms with Crippen LogP contribution in [0.5, 0.6) is 5.88 Å². The molecule has 1 aliphatic heterocycles. The molecule has 0 radical (unpaired) electrons. The van der Waals surface area contributed by atoms with Gasteiger partial charge in [0.2, 0.25) is 5.88 Å². The molecule has 2 unspecified atom stereocenters. The van der Waals surface area contributed by atoms with Crippen LogP contribution in [0.1, 0.15) is 28.2 Å². The number of amides is 1. The van der Waals surface area contributed by atoms with Crippen LogP contribution in [-0.2, 0) is 6.18 Å². The zero-order valence-electron chi connectivity index (χ0n) is 19.7. The number of pyridine rings is 1. The van der Waals surface area contributed by atoms with Gasteiger partial charge < -0.3 is 15.4 Å². The highest BCUT2D eigenvalue weighted by Crippen LogP contribution is 2.30. The molecule has 2 N–H and O–H groups in total. The fraction of sp³-hybridized carbons (Fsp3) is 0.409. The first kappa shape index (κ1) is 27.5. The minimum Gasteiger partial charge on any atom is -0.471 e. The Morgan fingerprint density at radius 2 is 2.00 bits per heavy atom. The molecule has 204 valence electrons. The van der Waals surface area contributed by atoms with Crippen molar-refractivity contribution >= 4 is 33.9 Å². The van der Waals surface area contributed by atoms with Gasteiger partial charge in [0.25, 0.3) is 12.3 Å². The number of likely N-dealkylation sites (tertiary alicyclic amines) is 1. The normalized spacial score (nSPS) is 18.4. The van der Waals surface area contributed by atoms with Gasteiger partial charge in [-0.3, -0.25) is 9.69 Å². The van der Waals surface area contributed by atoms with E-state index in [9.17, 15) is 31.1 Å². The number of ether oxygens (including phenoxy) is 1. The molecule has 3 aromatic heterocycles. The molecule has 3 aromatic rings. The van der Waals surface area contributed by atoms with Gasteiger partial charge in [0, 0.05) is 25.6 Å². The maximum atomic E-state index is 14.4. The number of rotatable bonds is 8. The lowest BCUT2D eigenvalue weighted by molar-refractivity contribution is -0.141. The first-order valence-corrected chi connectivity index (χ1v) is 12.0. The molecule has 16 heteroatoms. The number of hydrogen-bond acceptors (Lipinski definition) is 9. The third kappa shape index (κ3) is 6.86. The van der Waals surface area contributed by atoms with Crippen LogP contribution in [0, 0.1) is 6.92 Å². The maximum absolute atomic E-state index is 14.4. The summed E-state index contributed by atoms with van der Waals surface area (Å²) in [6, 6.07) is 2.92. The van der Waals surface area contributed by atoms with Crippen LogP contribution in [0.2, 0.25) is 0 Å². The van der Waals surface area contributed by atoms with Gasteiger partial charge in [-0.2, -0.15) is 17.5 Å². The van der Waals surface area contributed by atoms with Crippen molar-refractivity contribution in [3.05, 3.63) is 47.7 Å². The fourth-order valence-corrected chi connectivity index (χ4v) is 4.49. The topological polar surface area (TPSA) is 105 Å². The number of aryl methyl sites for hydroxylation is 1. The minimum atomic E-state index is -4.63. The average molecular weight is 562 g/mol. The van der Waals surface area contributed by atoms with Crippen LogP contribution < -0.4 is 15.4 Å². The molecule has 4 rings (SSSR count). The van der Waals surface area contributed by atoms with Crippen molar-refractivity contribution < 1.29 is 35.9 Å². The van der Waals surface area contributed by atoms with Crippen LogP contribution in [0.25, 0.3) is 0 Å². The Morgan fingerprint density at radius 1 is 1.21 bits per heavy atom. The van der Waals surface area contributed by atoms with E-state index in [2.05, 4.69) is 30.0 Å². The van der Waals surface area contributed by atoms with Crippen molar-refractivity contribution in [3.63, 3.8) is 0 Å². The van der Waals surface area contributed by atoms with E-state index < -0.39 is 43.0 Å². The highest BCUT2D eigenvalue weighted by Gasteiger charge is 2.33. The zero-order chi connectivity index (χ0) is 27.4. The number of nitrogens with zero attached hydrogens (tertiary/aromatic N) is 5. The summed E-state index contributed by atoms with van der Waals surface area (Å²) in [5.41, 5.74) is -0.347. The first-order valence-electron chi connectivity index (χ1n) is 11.2. The average Bonchev–Trinajstić information content (AvgIpc) is 3.21. The van der Waals surface area contributed by atoms with E-state index in [0.29, 0.717) is 11.9 Å². The standard InChI is InChI=1S/C22H21F6N7O2S/c1-11-19(21(38-34-11)33-17-8-29-15(7-30-17)22(26,27)28)20(36)32-12-2-3-18(31-6-12)37-14-4-5-35(9-13(14)23)10-16(24)25/h2-3,6-8,13-14,16H,4-5,9-10H2,1H3,(H,30,33)(H,32,36). The third-order valence-corrected chi connectivity index (χ3v) is 6.36. The Kier molecular flexibility index (Phi) is 8.30. The van der Waals surface area contributed by atoms with Gasteiger partial charge in [-0.1, -0.05) is 0 Å². The number of anilines is 3. The minimum absolute atomic E-state index is 0.00919. The van der Waals surface area contributed by atoms with Crippen molar-refractivity contribution in [1.29, 1.82) is 0 Å². The maximum Gasteiger partial charge on any atom is 0.434 e. The van der Waals surface area contributed by atoms with Gasteiger partial charge >= 0.3 is 6.18 Å². The SMILES string of the molecule is Cc1nsc(Nc2cnc(C(F)(F)F)cn2)c1C(=O)Nc1ccc(OC2CCN(CC(F)F)CC2F)nc1. The van der Waals surface area contributed by atoms with E-state index in [0.717, 1.165) is 17.7 Å². The van der Waals surface area contributed by atoms with Crippen LogP contribution in [-0.4, -0.2) is 68.5 Å². The summed E-state index contributed by atoms with van der Waals surface area (Å²) in [5.74, 6) is -0.469. The lowest BCUT2D eigenvalue weighted by atomic mass is 10.1. The van der Waals surface area contributed by atoms with E-state index in [4.69, 9.17) is 4.74 Å². The Bertz CT molecular complexity index is 1240. The molecule has 1 amide bonds. The van der Waals surface area contributed by atoms with E-state index in [-0.39, 0.29) is 47.5 Å². The molecule has 0 aliphatic carbocycles. The summed E-state index contributed by atoms with van der Waals surface area (Å²) in [5, 5.41) is 5.63. The lowest BCUT2D eigenvalue weighted by Gasteiger charge is -2.34. The second kappa shape index (κ2) is 11.5. The molecule has 1 saturated heterocycles.